The monoisotopic (exact) mass is 293 g/mol. The Morgan fingerprint density at radius 1 is 1.10 bits per heavy atom. The molecule has 0 radical (unpaired) electrons. The van der Waals surface area contributed by atoms with Crippen molar-refractivity contribution in [1.29, 1.82) is 0 Å². The Labute approximate surface area is 115 Å². The van der Waals surface area contributed by atoms with Crippen molar-refractivity contribution in [3.63, 3.8) is 0 Å². The molecule has 8 heteroatoms. The number of nitrogens with two attached hydrogens (primary N) is 1. The highest BCUT2D eigenvalue weighted by Crippen LogP contribution is 2.21. The highest BCUT2D eigenvalue weighted by atomic mass is 32.2. The first-order valence-electron chi connectivity index (χ1n) is 5.51. The second-order valence-electron chi connectivity index (χ2n) is 3.99. The number of non-ortho nitro benzene ring substituents is 1. The molecule has 0 unspecified atom stereocenters. The van der Waals surface area contributed by atoms with Crippen LogP contribution in [0.5, 0.6) is 0 Å². The quantitative estimate of drug-likeness (QED) is 0.508. The van der Waals surface area contributed by atoms with Gasteiger partial charge in [0, 0.05) is 17.8 Å². The molecule has 0 atom stereocenters. The Balaban J connectivity index is 2.35. The Morgan fingerprint density at radius 2 is 1.80 bits per heavy atom. The molecule has 2 aromatic rings. The van der Waals surface area contributed by atoms with Crippen molar-refractivity contribution in [2.24, 2.45) is 0 Å². The number of nitro benzene ring substituents is 1. The van der Waals surface area contributed by atoms with Crippen LogP contribution in [0.4, 0.5) is 17.1 Å². The predicted octanol–water partition coefficient (Wildman–Crippen LogP) is 1.98. The molecule has 3 N–H and O–H groups in total. The fraction of sp³-hybridized carbons (Fsp3) is 0. The Hall–Kier alpha value is -2.61. The van der Waals surface area contributed by atoms with Gasteiger partial charge in [0.1, 0.15) is 0 Å². The summed E-state index contributed by atoms with van der Waals surface area (Å²) in [5, 5.41) is 10.7. The van der Waals surface area contributed by atoms with Crippen molar-refractivity contribution in [1.82, 2.24) is 0 Å². The summed E-state index contributed by atoms with van der Waals surface area (Å²) in [4.78, 5) is 9.82. The van der Waals surface area contributed by atoms with Gasteiger partial charge in [0.25, 0.3) is 15.7 Å². The fourth-order valence-electron chi connectivity index (χ4n) is 1.58. The van der Waals surface area contributed by atoms with E-state index >= 15 is 0 Å². The van der Waals surface area contributed by atoms with Gasteiger partial charge in [-0.15, -0.1) is 0 Å². The smallest absolute Gasteiger partial charge is 0.270 e. The largest absolute Gasteiger partial charge is 0.399 e. The Bertz CT molecular complexity index is 759. The number of anilines is 2. The van der Waals surface area contributed by atoms with Crippen LogP contribution in [0, 0.1) is 10.1 Å². The first-order valence-corrected chi connectivity index (χ1v) is 6.99. The Kier molecular flexibility index (Phi) is 3.57. The van der Waals surface area contributed by atoms with Gasteiger partial charge in [-0.3, -0.25) is 14.8 Å². The zero-order valence-corrected chi connectivity index (χ0v) is 11.0. The fourth-order valence-corrected chi connectivity index (χ4v) is 2.67. The van der Waals surface area contributed by atoms with Gasteiger partial charge in [0.15, 0.2) is 0 Å². The van der Waals surface area contributed by atoms with E-state index in [1.54, 1.807) is 12.1 Å². The molecule has 0 aliphatic heterocycles. The lowest BCUT2D eigenvalue weighted by Gasteiger charge is -2.08. The average Bonchev–Trinajstić information content (AvgIpc) is 2.38. The van der Waals surface area contributed by atoms with Crippen molar-refractivity contribution in [3.8, 4) is 0 Å². The summed E-state index contributed by atoms with van der Waals surface area (Å²) in [5.74, 6) is 0. The maximum Gasteiger partial charge on any atom is 0.270 e. The van der Waals surface area contributed by atoms with Gasteiger partial charge in [0.05, 0.1) is 15.5 Å². The molecule has 0 saturated carbocycles. The minimum Gasteiger partial charge on any atom is -0.399 e. The number of hydrogen-bond donors (Lipinski definition) is 2. The predicted molar refractivity (Wildman–Crippen MR) is 74.8 cm³/mol. The standard InChI is InChI=1S/C12H11N3O4S/c13-9-3-1-4-10(7-9)14-20(18,19)12-6-2-5-11(8-12)15(16)17/h1-8,14H,13H2. The summed E-state index contributed by atoms with van der Waals surface area (Å²) < 4.78 is 26.5. The lowest BCUT2D eigenvalue weighted by Crippen LogP contribution is -2.13. The number of rotatable bonds is 4. The molecule has 20 heavy (non-hydrogen) atoms. The molecule has 7 nitrogen and oxygen atoms in total. The molecule has 0 aliphatic carbocycles. The van der Waals surface area contributed by atoms with Crippen LogP contribution in [0.2, 0.25) is 0 Å². The van der Waals surface area contributed by atoms with Gasteiger partial charge in [-0.1, -0.05) is 12.1 Å². The molecule has 2 rings (SSSR count). The van der Waals surface area contributed by atoms with Crippen LogP contribution in [-0.2, 0) is 10.0 Å². The van der Waals surface area contributed by atoms with E-state index in [1.807, 2.05) is 0 Å². The van der Waals surface area contributed by atoms with Gasteiger partial charge in [0.2, 0.25) is 0 Å². The Morgan fingerprint density at radius 3 is 2.45 bits per heavy atom. The van der Waals surface area contributed by atoms with E-state index in [0.29, 0.717) is 5.69 Å². The van der Waals surface area contributed by atoms with E-state index in [0.717, 1.165) is 6.07 Å². The molecule has 0 fully saturated rings. The van der Waals surface area contributed by atoms with Crippen LogP contribution in [0.3, 0.4) is 0 Å². The summed E-state index contributed by atoms with van der Waals surface area (Å²) in [6.45, 7) is 0. The van der Waals surface area contributed by atoms with Crippen LogP contribution >= 0.6 is 0 Å². The molecule has 2 aromatic carbocycles. The second-order valence-corrected chi connectivity index (χ2v) is 5.67. The molecule has 104 valence electrons. The molecule has 0 amide bonds. The number of nitro groups is 1. The minimum atomic E-state index is -3.90. The van der Waals surface area contributed by atoms with Crippen molar-refractivity contribution < 1.29 is 13.3 Å². The maximum absolute atomic E-state index is 12.1. The van der Waals surface area contributed by atoms with Crippen molar-refractivity contribution in [2.45, 2.75) is 4.90 Å². The van der Waals surface area contributed by atoms with Crippen molar-refractivity contribution >= 4 is 27.1 Å². The zero-order valence-electron chi connectivity index (χ0n) is 10.2. The first-order chi connectivity index (χ1) is 9.38. The molecule has 0 heterocycles. The zero-order chi connectivity index (χ0) is 14.8. The second kappa shape index (κ2) is 5.17. The molecular formula is C12H11N3O4S. The van der Waals surface area contributed by atoms with E-state index in [4.69, 9.17) is 5.73 Å². The van der Waals surface area contributed by atoms with E-state index in [2.05, 4.69) is 4.72 Å². The summed E-state index contributed by atoms with van der Waals surface area (Å²) in [7, 11) is -3.90. The third kappa shape index (κ3) is 3.04. The van der Waals surface area contributed by atoms with Gasteiger partial charge >= 0.3 is 0 Å². The number of sulfonamides is 1. The summed E-state index contributed by atoms with van der Waals surface area (Å²) >= 11 is 0. The third-order valence-corrected chi connectivity index (χ3v) is 3.86. The number of benzene rings is 2. The lowest BCUT2D eigenvalue weighted by molar-refractivity contribution is -0.385. The molecular weight excluding hydrogens is 282 g/mol. The maximum atomic E-state index is 12.1. The third-order valence-electron chi connectivity index (χ3n) is 2.48. The number of nitrogens with zero attached hydrogens (tertiary/aromatic N) is 1. The summed E-state index contributed by atoms with van der Waals surface area (Å²) in [6, 6.07) is 11.0. The SMILES string of the molecule is Nc1cccc(NS(=O)(=O)c2cccc([N+](=O)[O-])c2)c1. The van der Waals surface area contributed by atoms with Gasteiger partial charge in [-0.2, -0.15) is 0 Å². The van der Waals surface area contributed by atoms with E-state index in [9.17, 15) is 18.5 Å². The summed E-state index contributed by atoms with van der Waals surface area (Å²) in [6.07, 6.45) is 0. The normalized spacial score (nSPS) is 11.0. The van der Waals surface area contributed by atoms with Crippen LogP contribution in [0.1, 0.15) is 0 Å². The molecule has 0 spiro atoms. The lowest BCUT2D eigenvalue weighted by atomic mass is 10.3. The topological polar surface area (TPSA) is 115 Å². The molecule has 0 bridgehead atoms. The highest BCUT2D eigenvalue weighted by molar-refractivity contribution is 7.92. The van der Waals surface area contributed by atoms with Crippen LogP contribution in [0.25, 0.3) is 0 Å². The van der Waals surface area contributed by atoms with E-state index in [-0.39, 0.29) is 16.3 Å². The van der Waals surface area contributed by atoms with E-state index in [1.165, 1.54) is 30.3 Å². The minimum absolute atomic E-state index is 0.186. The molecule has 0 aliphatic rings. The number of nitrogens with one attached hydrogen (secondary N) is 1. The highest BCUT2D eigenvalue weighted by Gasteiger charge is 2.17. The van der Waals surface area contributed by atoms with E-state index < -0.39 is 14.9 Å². The number of hydrogen-bond acceptors (Lipinski definition) is 5. The van der Waals surface area contributed by atoms with Crippen LogP contribution in [0.15, 0.2) is 53.4 Å². The van der Waals surface area contributed by atoms with Gasteiger partial charge in [-0.25, -0.2) is 8.42 Å². The van der Waals surface area contributed by atoms with Gasteiger partial charge < -0.3 is 5.73 Å². The van der Waals surface area contributed by atoms with Crippen LogP contribution < -0.4 is 10.5 Å². The average molecular weight is 293 g/mol. The van der Waals surface area contributed by atoms with Crippen molar-refractivity contribution in [3.05, 3.63) is 58.6 Å². The summed E-state index contributed by atoms with van der Waals surface area (Å²) in [5.41, 5.74) is 5.96. The molecule has 0 aromatic heterocycles. The van der Waals surface area contributed by atoms with Crippen LogP contribution in [-0.4, -0.2) is 13.3 Å². The first kappa shape index (κ1) is 13.8. The van der Waals surface area contributed by atoms with Crippen molar-refractivity contribution in [2.75, 3.05) is 10.5 Å². The van der Waals surface area contributed by atoms with Gasteiger partial charge in [-0.05, 0) is 24.3 Å². The molecule has 0 saturated heterocycles. The number of nitrogen functional groups attached to an aromatic ring is 1.